The van der Waals surface area contributed by atoms with Gasteiger partial charge in [-0.3, -0.25) is 0 Å². The molecule has 1 aromatic heterocycles. The maximum atomic E-state index is 9.89. The lowest BCUT2D eigenvalue weighted by atomic mass is 10.1. The Balaban J connectivity index is 1.81. The quantitative estimate of drug-likeness (QED) is 0.800. The van der Waals surface area contributed by atoms with Crippen LogP contribution in [0.1, 0.15) is 37.5 Å². The molecule has 1 N–H and O–H groups in total. The first-order valence-electron chi connectivity index (χ1n) is 5.41. The second-order valence-electron chi connectivity index (χ2n) is 4.01. The molecule has 1 fully saturated rings. The van der Waals surface area contributed by atoms with E-state index in [4.69, 9.17) is 4.74 Å². The summed E-state index contributed by atoms with van der Waals surface area (Å²) in [6.45, 7) is 0.869. The third kappa shape index (κ3) is 2.54. The summed E-state index contributed by atoms with van der Waals surface area (Å²) in [6, 6.07) is 0. The van der Waals surface area contributed by atoms with Gasteiger partial charge in [0.05, 0.1) is 24.1 Å². The van der Waals surface area contributed by atoms with Crippen molar-refractivity contribution in [3.63, 3.8) is 0 Å². The first kappa shape index (κ1) is 10.6. The van der Waals surface area contributed by atoms with Crippen LogP contribution in [0, 0.1) is 0 Å². The largest absolute Gasteiger partial charge is 0.387 e. The van der Waals surface area contributed by atoms with Crippen molar-refractivity contribution >= 4 is 0 Å². The molecule has 1 aliphatic heterocycles. The Morgan fingerprint density at radius 1 is 1.73 bits per heavy atom. The van der Waals surface area contributed by atoms with Gasteiger partial charge in [0.2, 0.25) is 0 Å². The zero-order valence-electron chi connectivity index (χ0n) is 8.96. The smallest absolute Gasteiger partial charge is 0.0973 e. The van der Waals surface area contributed by atoms with Gasteiger partial charge in [0.15, 0.2) is 0 Å². The number of hydrogen-bond donors (Lipinski definition) is 1. The lowest BCUT2D eigenvalue weighted by molar-refractivity contribution is 0.0791. The molecule has 84 valence electrons. The fraction of sp³-hybridized carbons (Fsp3) is 0.800. The molecule has 5 heteroatoms. The minimum Gasteiger partial charge on any atom is -0.387 e. The number of nitrogens with zero attached hydrogens (tertiary/aromatic N) is 3. The molecule has 0 aliphatic carbocycles. The molecule has 1 aliphatic rings. The summed E-state index contributed by atoms with van der Waals surface area (Å²) in [6.07, 6.45) is 5.36. The van der Waals surface area contributed by atoms with Gasteiger partial charge in [0.25, 0.3) is 0 Å². The van der Waals surface area contributed by atoms with E-state index >= 15 is 0 Å². The normalized spacial score (nSPS) is 23.2. The number of aryl methyl sites for hydroxylation is 1. The van der Waals surface area contributed by atoms with E-state index in [2.05, 4.69) is 10.3 Å². The summed E-state index contributed by atoms with van der Waals surface area (Å²) in [5.74, 6) is 0. The molecule has 15 heavy (non-hydrogen) atoms. The van der Waals surface area contributed by atoms with Crippen LogP contribution in [0.5, 0.6) is 0 Å². The zero-order valence-corrected chi connectivity index (χ0v) is 8.96. The van der Waals surface area contributed by atoms with Crippen LogP contribution in [0.15, 0.2) is 6.20 Å². The van der Waals surface area contributed by atoms with E-state index < -0.39 is 6.10 Å². The molecule has 0 bridgehead atoms. The highest BCUT2D eigenvalue weighted by Crippen LogP contribution is 2.22. The number of rotatable bonds is 4. The molecule has 5 nitrogen and oxygen atoms in total. The molecule has 2 rings (SSSR count). The van der Waals surface area contributed by atoms with Crippen LogP contribution in [0.25, 0.3) is 0 Å². The summed E-state index contributed by atoms with van der Waals surface area (Å²) in [7, 11) is 1.79. The molecule has 2 atom stereocenters. The first-order chi connectivity index (χ1) is 7.27. The summed E-state index contributed by atoms with van der Waals surface area (Å²) in [5, 5.41) is 17.4. The van der Waals surface area contributed by atoms with Gasteiger partial charge < -0.3 is 9.84 Å². The van der Waals surface area contributed by atoms with Crippen molar-refractivity contribution in [1.82, 2.24) is 15.0 Å². The zero-order chi connectivity index (χ0) is 10.7. The Bertz CT molecular complexity index is 307. The predicted octanol–water partition coefficient (Wildman–Crippen LogP) is 0.808. The van der Waals surface area contributed by atoms with E-state index in [1.54, 1.807) is 17.9 Å². The molecule has 0 saturated carbocycles. The molecular formula is C10H17N3O2. The molecule has 0 spiro atoms. The summed E-state index contributed by atoms with van der Waals surface area (Å²) in [5.41, 5.74) is 0.771. The van der Waals surface area contributed by atoms with E-state index in [1.165, 1.54) is 0 Å². The fourth-order valence-electron chi connectivity index (χ4n) is 1.96. The van der Waals surface area contributed by atoms with Crippen molar-refractivity contribution in [2.45, 2.75) is 37.9 Å². The van der Waals surface area contributed by atoms with E-state index in [9.17, 15) is 5.11 Å². The molecule has 0 radical (unpaired) electrons. The Morgan fingerprint density at radius 3 is 3.20 bits per heavy atom. The Labute approximate surface area is 89.0 Å². The predicted molar refractivity (Wildman–Crippen MR) is 54.2 cm³/mol. The van der Waals surface area contributed by atoms with Gasteiger partial charge >= 0.3 is 0 Å². The lowest BCUT2D eigenvalue weighted by Crippen LogP contribution is -2.10. The van der Waals surface area contributed by atoms with E-state index in [-0.39, 0.29) is 0 Å². The second kappa shape index (κ2) is 4.72. The van der Waals surface area contributed by atoms with Crippen LogP contribution < -0.4 is 0 Å². The summed E-state index contributed by atoms with van der Waals surface area (Å²) >= 11 is 0. The third-order valence-corrected chi connectivity index (χ3v) is 2.88. The van der Waals surface area contributed by atoms with E-state index in [0.717, 1.165) is 31.6 Å². The van der Waals surface area contributed by atoms with Crippen molar-refractivity contribution in [2.24, 2.45) is 7.05 Å². The first-order valence-corrected chi connectivity index (χ1v) is 5.41. The van der Waals surface area contributed by atoms with Gasteiger partial charge in [-0.15, -0.1) is 5.10 Å². The van der Waals surface area contributed by atoms with E-state index in [0.29, 0.717) is 12.5 Å². The van der Waals surface area contributed by atoms with Crippen LogP contribution in [-0.4, -0.2) is 32.8 Å². The van der Waals surface area contributed by atoms with Crippen LogP contribution in [0.2, 0.25) is 0 Å². The van der Waals surface area contributed by atoms with Gasteiger partial charge in [0.1, 0.15) is 0 Å². The van der Waals surface area contributed by atoms with Gasteiger partial charge in [-0.25, -0.2) is 4.68 Å². The number of aliphatic hydroxyl groups is 1. The standard InChI is InChI=1S/C10H17N3O2/c1-13-9(7-11-12-13)10(14)5-4-8-3-2-6-15-8/h7-8,10,14H,2-6H2,1H3. The van der Waals surface area contributed by atoms with Crippen molar-refractivity contribution in [3.05, 3.63) is 11.9 Å². The summed E-state index contributed by atoms with van der Waals surface area (Å²) in [4.78, 5) is 0. The number of aromatic nitrogens is 3. The topological polar surface area (TPSA) is 60.2 Å². The molecule has 2 heterocycles. The lowest BCUT2D eigenvalue weighted by Gasteiger charge is -2.13. The molecular weight excluding hydrogens is 194 g/mol. The molecule has 1 saturated heterocycles. The van der Waals surface area contributed by atoms with Crippen LogP contribution in [0.3, 0.4) is 0 Å². The number of hydrogen-bond acceptors (Lipinski definition) is 4. The van der Waals surface area contributed by atoms with Crippen molar-refractivity contribution in [3.8, 4) is 0 Å². The van der Waals surface area contributed by atoms with Crippen LogP contribution >= 0.6 is 0 Å². The molecule has 2 unspecified atom stereocenters. The van der Waals surface area contributed by atoms with Gasteiger partial charge in [-0.1, -0.05) is 5.21 Å². The maximum absolute atomic E-state index is 9.89. The monoisotopic (exact) mass is 211 g/mol. The van der Waals surface area contributed by atoms with E-state index in [1.807, 2.05) is 0 Å². The minimum atomic E-state index is -0.478. The van der Waals surface area contributed by atoms with Crippen molar-refractivity contribution in [2.75, 3.05) is 6.61 Å². The average molecular weight is 211 g/mol. The second-order valence-corrected chi connectivity index (χ2v) is 4.01. The number of aliphatic hydroxyl groups excluding tert-OH is 1. The average Bonchev–Trinajstić information content (AvgIpc) is 2.84. The van der Waals surface area contributed by atoms with Crippen molar-refractivity contribution < 1.29 is 9.84 Å². The highest BCUT2D eigenvalue weighted by atomic mass is 16.5. The highest BCUT2D eigenvalue weighted by Gasteiger charge is 2.19. The SMILES string of the molecule is Cn1nncc1C(O)CCC1CCCO1. The molecule has 1 aromatic rings. The Kier molecular flexibility index (Phi) is 3.33. The maximum Gasteiger partial charge on any atom is 0.0973 e. The minimum absolute atomic E-state index is 0.334. The van der Waals surface area contributed by atoms with Gasteiger partial charge in [0, 0.05) is 13.7 Å². The van der Waals surface area contributed by atoms with Gasteiger partial charge in [-0.2, -0.15) is 0 Å². The molecule has 0 aromatic carbocycles. The third-order valence-electron chi connectivity index (χ3n) is 2.88. The Morgan fingerprint density at radius 2 is 2.60 bits per heavy atom. The highest BCUT2D eigenvalue weighted by molar-refractivity contribution is 4.98. The van der Waals surface area contributed by atoms with Crippen LogP contribution in [-0.2, 0) is 11.8 Å². The van der Waals surface area contributed by atoms with Crippen molar-refractivity contribution in [1.29, 1.82) is 0 Å². The fourth-order valence-corrected chi connectivity index (χ4v) is 1.96. The summed E-state index contributed by atoms with van der Waals surface area (Å²) < 4.78 is 7.11. The number of ether oxygens (including phenoxy) is 1. The molecule has 0 amide bonds. The van der Waals surface area contributed by atoms with Crippen LogP contribution in [0.4, 0.5) is 0 Å². The van der Waals surface area contributed by atoms with Gasteiger partial charge in [-0.05, 0) is 25.7 Å². The Hall–Kier alpha value is -0.940.